The molecule has 0 aromatic heterocycles. The number of amides is 2. The zero-order valence-corrected chi connectivity index (χ0v) is 9.81. The molecule has 0 saturated carbocycles. The summed E-state index contributed by atoms with van der Waals surface area (Å²) in [6.07, 6.45) is 0. The van der Waals surface area contributed by atoms with Crippen molar-refractivity contribution in [3.8, 4) is 5.75 Å². The molecule has 0 fully saturated rings. The molecule has 0 bridgehead atoms. The van der Waals surface area contributed by atoms with Crippen LogP contribution in [0.25, 0.3) is 0 Å². The first-order chi connectivity index (χ1) is 8.33. The van der Waals surface area contributed by atoms with Gasteiger partial charge in [-0.1, -0.05) is 12.1 Å². The third kappa shape index (κ3) is 2.68. The number of para-hydroxylation sites is 2. The van der Waals surface area contributed by atoms with E-state index in [-0.39, 0.29) is 6.03 Å². The van der Waals surface area contributed by atoms with Gasteiger partial charge in [0.25, 0.3) is 0 Å². The maximum Gasteiger partial charge on any atom is 0.322 e. The number of hydrogen-bond acceptors (Lipinski definition) is 3. The minimum Gasteiger partial charge on any atom is -0.490 e. The van der Waals surface area contributed by atoms with Gasteiger partial charge in [-0.25, -0.2) is 4.79 Å². The Kier molecular flexibility index (Phi) is 3.82. The second kappa shape index (κ2) is 5.54. The molecule has 17 heavy (non-hydrogen) atoms. The average molecular weight is 236 g/mol. The number of nitrogens with one attached hydrogen (secondary N) is 1. The van der Waals surface area contributed by atoms with Crippen molar-refractivity contribution in [2.45, 2.75) is 0 Å². The lowest BCUT2D eigenvalue weighted by molar-refractivity contribution is 0.196. The number of benzene rings is 1. The molecular formula is C12H16N2O3. The molecule has 2 rings (SSSR count). The highest BCUT2D eigenvalue weighted by molar-refractivity contribution is 5.94. The van der Waals surface area contributed by atoms with Gasteiger partial charge in [0.2, 0.25) is 0 Å². The van der Waals surface area contributed by atoms with E-state index in [0.29, 0.717) is 26.3 Å². The van der Waals surface area contributed by atoms with Crippen molar-refractivity contribution in [2.75, 3.05) is 38.3 Å². The second-order valence-electron chi connectivity index (χ2n) is 3.69. The van der Waals surface area contributed by atoms with Crippen molar-refractivity contribution >= 4 is 11.7 Å². The van der Waals surface area contributed by atoms with Gasteiger partial charge in [0.15, 0.2) is 0 Å². The fourth-order valence-corrected chi connectivity index (χ4v) is 1.74. The summed E-state index contributed by atoms with van der Waals surface area (Å²) in [5.41, 5.74) is 0.814. The minimum absolute atomic E-state index is 0.113. The molecule has 5 heteroatoms. The molecule has 1 aromatic rings. The Labute approximate surface area is 100 Å². The van der Waals surface area contributed by atoms with Crippen LogP contribution in [0.3, 0.4) is 0 Å². The summed E-state index contributed by atoms with van der Waals surface area (Å²) in [7, 11) is 1.61. The molecule has 92 valence electrons. The molecule has 0 radical (unpaired) electrons. The third-order valence-electron chi connectivity index (χ3n) is 2.56. The van der Waals surface area contributed by atoms with Crippen molar-refractivity contribution in [2.24, 2.45) is 0 Å². The standard InChI is InChI=1S/C12H16N2O3/c1-16-8-6-13-12(15)14-7-9-17-11-5-3-2-4-10(11)14/h2-5H,6-9H2,1H3,(H,13,15). The SMILES string of the molecule is COCCNC(=O)N1CCOc2ccccc21. The maximum atomic E-state index is 11.9. The summed E-state index contributed by atoms with van der Waals surface area (Å²) >= 11 is 0. The fraction of sp³-hybridized carbons (Fsp3) is 0.417. The van der Waals surface area contributed by atoms with Gasteiger partial charge in [-0.3, -0.25) is 4.90 Å². The predicted molar refractivity (Wildman–Crippen MR) is 64.6 cm³/mol. The van der Waals surface area contributed by atoms with Crippen LogP contribution >= 0.6 is 0 Å². The summed E-state index contributed by atoms with van der Waals surface area (Å²) in [6.45, 7) is 2.11. The lowest BCUT2D eigenvalue weighted by Gasteiger charge is -2.29. The van der Waals surface area contributed by atoms with E-state index in [0.717, 1.165) is 11.4 Å². The molecule has 1 N–H and O–H groups in total. The van der Waals surface area contributed by atoms with Crippen molar-refractivity contribution in [3.05, 3.63) is 24.3 Å². The van der Waals surface area contributed by atoms with Gasteiger partial charge < -0.3 is 14.8 Å². The Morgan fingerprint density at radius 3 is 3.18 bits per heavy atom. The second-order valence-corrected chi connectivity index (χ2v) is 3.69. The number of nitrogens with zero attached hydrogens (tertiary/aromatic N) is 1. The molecule has 2 amide bonds. The summed E-state index contributed by atoms with van der Waals surface area (Å²) in [5, 5.41) is 2.80. The van der Waals surface area contributed by atoms with Crippen molar-refractivity contribution in [1.29, 1.82) is 0 Å². The highest BCUT2D eigenvalue weighted by Crippen LogP contribution is 2.30. The first-order valence-corrected chi connectivity index (χ1v) is 5.59. The summed E-state index contributed by atoms with van der Waals surface area (Å²) in [6, 6.07) is 7.42. The Morgan fingerprint density at radius 1 is 1.53 bits per heavy atom. The van der Waals surface area contributed by atoms with E-state index >= 15 is 0 Å². The molecule has 0 atom stereocenters. The van der Waals surface area contributed by atoms with Crippen LogP contribution in [0.1, 0.15) is 0 Å². The van der Waals surface area contributed by atoms with Gasteiger partial charge in [0.05, 0.1) is 18.8 Å². The number of carbonyl (C=O) groups is 1. The zero-order valence-electron chi connectivity index (χ0n) is 9.81. The summed E-state index contributed by atoms with van der Waals surface area (Å²) in [4.78, 5) is 13.6. The van der Waals surface area contributed by atoms with Gasteiger partial charge in [-0.15, -0.1) is 0 Å². The number of anilines is 1. The predicted octanol–water partition coefficient (Wildman–Crippen LogP) is 1.24. The van der Waals surface area contributed by atoms with Gasteiger partial charge in [-0.2, -0.15) is 0 Å². The summed E-state index contributed by atoms with van der Waals surface area (Å²) in [5.74, 6) is 0.751. The third-order valence-corrected chi connectivity index (χ3v) is 2.56. The Bertz CT molecular complexity index is 395. The molecule has 0 unspecified atom stereocenters. The molecule has 1 aromatic carbocycles. The largest absolute Gasteiger partial charge is 0.490 e. The van der Waals surface area contributed by atoms with Gasteiger partial charge in [0, 0.05) is 13.7 Å². The van der Waals surface area contributed by atoms with E-state index in [2.05, 4.69) is 5.32 Å². The van der Waals surface area contributed by atoms with Crippen molar-refractivity contribution in [3.63, 3.8) is 0 Å². The van der Waals surface area contributed by atoms with Crippen LogP contribution in [0.4, 0.5) is 10.5 Å². The Hall–Kier alpha value is -1.75. The average Bonchev–Trinajstić information content (AvgIpc) is 2.38. The van der Waals surface area contributed by atoms with Crippen LogP contribution in [0.15, 0.2) is 24.3 Å². The molecule has 1 aliphatic rings. The quantitative estimate of drug-likeness (QED) is 0.803. The number of fused-ring (bicyclic) bond motifs is 1. The van der Waals surface area contributed by atoms with E-state index < -0.39 is 0 Å². The monoisotopic (exact) mass is 236 g/mol. The lowest BCUT2D eigenvalue weighted by Crippen LogP contribution is -2.45. The molecule has 0 saturated heterocycles. The van der Waals surface area contributed by atoms with Crippen LogP contribution in [-0.2, 0) is 4.74 Å². The van der Waals surface area contributed by atoms with E-state index in [1.807, 2.05) is 24.3 Å². The van der Waals surface area contributed by atoms with Crippen LogP contribution < -0.4 is 15.0 Å². The topological polar surface area (TPSA) is 50.8 Å². The lowest BCUT2D eigenvalue weighted by atomic mass is 10.2. The Balaban J connectivity index is 2.05. The molecule has 1 heterocycles. The summed E-state index contributed by atoms with van der Waals surface area (Å²) < 4.78 is 10.4. The Morgan fingerprint density at radius 2 is 2.35 bits per heavy atom. The molecule has 0 spiro atoms. The zero-order chi connectivity index (χ0) is 12.1. The highest BCUT2D eigenvalue weighted by atomic mass is 16.5. The van der Waals surface area contributed by atoms with E-state index in [9.17, 15) is 4.79 Å². The number of ether oxygens (including phenoxy) is 2. The van der Waals surface area contributed by atoms with E-state index in [1.165, 1.54) is 0 Å². The number of urea groups is 1. The number of rotatable bonds is 3. The number of carbonyl (C=O) groups excluding carboxylic acids is 1. The van der Waals surface area contributed by atoms with Gasteiger partial charge in [-0.05, 0) is 12.1 Å². The normalized spacial score (nSPS) is 13.8. The number of hydrogen-bond donors (Lipinski definition) is 1. The first-order valence-electron chi connectivity index (χ1n) is 5.59. The molecule has 0 aliphatic carbocycles. The molecule has 1 aliphatic heterocycles. The van der Waals surface area contributed by atoms with Gasteiger partial charge in [0.1, 0.15) is 12.4 Å². The first kappa shape index (κ1) is 11.7. The minimum atomic E-state index is -0.113. The van der Waals surface area contributed by atoms with Gasteiger partial charge >= 0.3 is 6.03 Å². The van der Waals surface area contributed by atoms with Crippen molar-refractivity contribution in [1.82, 2.24) is 5.32 Å². The van der Waals surface area contributed by atoms with Crippen LogP contribution in [0, 0.1) is 0 Å². The van der Waals surface area contributed by atoms with E-state index in [4.69, 9.17) is 9.47 Å². The molecule has 5 nitrogen and oxygen atoms in total. The smallest absolute Gasteiger partial charge is 0.322 e. The van der Waals surface area contributed by atoms with Crippen molar-refractivity contribution < 1.29 is 14.3 Å². The van der Waals surface area contributed by atoms with Crippen LogP contribution in [-0.4, -0.2) is 39.4 Å². The van der Waals surface area contributed by atoms with E-state index in [1.54, 1.807) is 12.0 Å². The maximum absolute atomic E-state index is 11.9. The highest BCUT2D eigenvalue weighted by Gasteiger charge is 2.22. The van der Waals surface area contributed by atoms with Crippen LogP contribution in [0.5, 0.6) is 5.75 Å². The number of methoxy groups -OCH3 is 1. The molecular weight excluding hydrogens is 220 g/mol. The van der Waals surface area contributed by atoms with Crippen LogP contribution in [0.2, 0.25) is 0 Å². The fourth-order valence-electron chi connectivity index (χ4n) is 1.74.